The third kappa shape index (κ3) is 5.45. The third-order valence-electron chi connectivity index (χ3n) is 4.61. The fourth-order valence-corrected chi connectivity index (χ4v) is 3.26. The lowest BCUT2D eigenvalue weighted by atomic mass is 10.2. The van der Waals surface area contributed by atoms with Crippen LogP contribution in [-0.4, -0.2) is 37.0 Å². The summed E-state index contributed by atoms with van der Waals surface area (Å²) in [5.74, 6) is -0.755. The molecule has 3 rings (SSSR count). The molecule has 1 N–H and O–H groups in total. The Bertz CT molecular complexity index is 992. The number of anilines is 2. The summed E-state index contributed by atoms with van der Waals surface area (Å²) >= 11 is 6.03. The van der Waals surface area contributed by atoms with Gasteiger partial charge in [-0.25, -0.2) is 0 Å². The van der Waals surface area contributed by atoms with E-state index in [1.165, 1.54) is 18.3 Å². The largest absolute Gasteiger partial charge is 0.416 e. The average molecular weight is 435 g/mol. The second kappa shape index (κ2) is 9.09. The van der Waals surface area contributed by atoms with Gasteiger partial charge in [-0.3, -0.25) is 4.79 Å². The minimum absolute atomic E-state index is 0.0262. The van der Waals surface area contributed by atoms with Crippen molar-refractivity contribution in [2.45, 2.75) is 6.18 Å². The summed E-state index contributed by atoms with van der Waals surface area (Å²) in [7, 11) is 0. The van der Waals surface area contributed by atoms with Gasteiger partial charge in [-0.2, -0.15) is 18.4 Å². The van der Waals surface area contributed by atoms with Crippen molar-refractivity contribution >= 4 is 28.9 Å². The van der Waals surface area contributed by atoms with Crippen LogP contribution in [0.4, 0.5) is 24.5 Å². The normalized spacial score (nSPS) is 15.0. The van der Waals surface area contributed by atoms with Crippen molar-refractivity contribution in [1.29, 1.82) is 5.26 Å². The molecule has 9 heteroatoms. The molecule has 0 bridgehead atoms. The van der Waals surface area contributed by atoms with Crippen molar-refractivity contribution < 1.29 is 18.0 Å². The Morgan fingerprint density at radius 1 is 1.10 bits per heavy atom. The van der Waals surface area contributed by atoms with E-state index >= 15 is 0 Å². The number of piperazine rings is 1. The van der Waals surface area contributed by atoms with Crippen LogP contribution in [0, 0.1) is 11.3 Å². The molecule has 0 saturated carbocycles. The van der Waals surface area contributed by atoms with Crippen LogP contribution in [0.25, 0.3) is 0 Å². The molecule has 1 saturated heterocycles. The minimum atomic E-state index is -4.52. The predicted molar refractivity (Wildman–Crippen MR) is 109 cm³/mol. The molecule has 0 spiro atoms. The molecule has 1 aliphatic rings. The second-order valence-electron chi connectivity index (χ2n) is 6.69. The first-order valence-corrected chi connectivity index (χ1v) is 9.49. The van der Waals surface area contributed by atoms with Crippen molar-refractivity contribution in [2.24, 2.45) is 0 Å². The zero-order valence-electron chi connectivity index (χ0n) is 15.8. The Hall–Kier alpha value is -3.18. The molecular weight excluding hydrogens is 417 g/mol. The molecule has 0 atom stereocenters. The lowest BCUT2D eigenvalue weighted by Gasteiger charge is -2.35. The Balaban J connectivity index is 1.63. The van der Waals surface area contributed by atoms with Gasteiger partial charge in [0.25, 0.3) is 5.91 Å². The Morgan fingerprint density at radius 2 is 1.80 bits per heavy atom. The van der Waals surface area contributed by atoms with E-state index in [2.05, 4.69) is 10.2 Å². The highest BCUT2D eigenvalue weighted by Gasteiger charge is 2.30. The van der Waals surface area contributed by atoms with Crippen LogP contribution < -0.4 is 10.2 Å². The maximum atomic E-state index is 12.8. The molecule has 156 valence electrons. The summed E-state index contributed by atoms with van der Waals surface area (Å²) in [4.78, 5) is 16.3. The van der Waals surface area contributed by atoms with Gasteiger partial charge in [-0.05, 0) is 36.4 Å². The van der Waals surface area contributed by atoms with Crippen molar-refractivity contribution in [3.63, 3.8) is 0 Å². The van der Waals surface area contributed by atoms with E-state index in [0.717, 1.165) is 17.8 Å². The first-order chi connectivity index (χ1) is 14.3. The predicted octanol–water partition coefficient (Wildman–Crippen LogP) is 4.53. The molecule has 5 nitrogen and oxygen atoms in total. The van der Waals surface area contributed by atoms with Gasteiger partial charge in [0.05, 0.1) is 5.56 Å². The van der Waals surface area contributed by atoms with Crippen LogP contribution in [0.5, 0.6) is 0 Å². The number of hydrogen-bond acceptors (Lipinski definition) is 4. The lowest BCUT2D eigenvalue weighted by molar-refractivity contribution is -0.137. The van der Waals surface area contributed by atoms with Gasteiger partial charge < -0.3 is 15.1 Å². The number of carbonyl (C=O) groups excluding carboxylic acids is 1. The molecule has 1 aliphatic heterocycles. The summed E-state index contributed by atoms with van der Waals surface area (Å²) in [5.41, 5.74) is -0.0841. The number of benzene rings is 2. The monoisotopic (exact) mass is 434 g/mol. The van der Waals surface area contributed by atoms with Crippen LogP contribution in [-0.2, 0) is 11.0 Å². The van der Waals surface area contributed by atoms with Gasteiger partial charge in [0.2, 0.25) is 0 Å². The van der Waals surface area contributed by atoms with Crippen LogP contribution in [0.15, 0.2) is 60.3 Å². The highest BCUT2D eigenvalue weighted by atomic mass is 35.5. The topological polar surface area (TPSA) is 59.4 Å². The molecule has 0 aliphatic carbocycles. The molecule has 2 aromatic carbocycles. The minimum Gasteiger partial charge on any atom is -0.373 e. The molecule has 0 unspecified atom stereocenters. The Labute approximate surface area is 177 Å². The lowest BCUT2D eigenvalue weighted by Crippen LogP contribution is -2.44. The Kier molecular flexibility index (Phi) is 6.53. The highest BCUT2D eigenvalue weighted by molar-refractivity contribution is 6.30. The third-order valence-corrected chi connectivity index (χ3v) is 4.85. The van der Waals surface area contributed by atoms with E-state index in [-0.39, 0.29) is 11.3 Å². The van der Waals surface area contributed by atoms with E-state index in [4.69, 9.17) is 11.6 Å². The van der Waals surface area contributed by atoms with Crippen molar-refractivity contribution in [1.82, 2.24) is 4.90 Å². The van der Waals surface area contributed by atoms with Crippen molar-refractivity contribution in [3.05, 3.63) is 70.9 Å². The van der Waals surface area contributed by atoms with Crippen LogP contribution in [0.3, 0.4) is 0 Å². The van der Waals surface area contributed by atoms with Crippen LogP contribution in [0.1, 0.15) is 5.56 Å². The number of nitrogens with one attached hydrogen (secondary N) is 1. The number of nitriles is 1. The van der Waals surface area contributed by atoms with Gasteiger partial charge in [-0.15, -0.1) is 0 Å². The molecule has 0 radical (unpaired) electrons. The molecule has 30 heavy (non-hydrogen) atoms. The summed E-state index contributed by atoms with van der Waals surface area (Å²) in [6.07, 6.45) is -3.07. The number of halogens is 4. The maximum absolute atomic E-state index is 12.8. The molecular formula is C21H18ClF3N4O. The Morgan fingerprint density at radius 3 is 2.43 bits per heavy atom. The van der Waals surface area contributed by atoms with Gasteiger partial charge >= 0.3 is 6.18 Å². The number of rotatable bonds is 4. The van der Waals surface area contributed by atoms with Crippen LogP contribution in [0.2, 0.25) is 5.02 Å². The molecule has 1 heterocycles. The zero-order chi connectivity index (χ0) is 21.7. The van der Waals surface area contributed by atoms with E-state index in [0.29, 0.717) is 31.2 Å². The summed E-state index contributed by atoms with van der Waals surface area (Å²) in [6.45, 7) is 2.50. The standard InChI is InChI=1S/C21H18ClF3N4O/c22-17-4-2-6-19(12-17)29-9-7-28(8-10-29)14-15(13-26)20(30)27-18-5-1-3-16(11-18)21(23,24)25/h1-6,11-12,14H,7-10H2,(H,27,30)/b15-14-. The molecule has 0 aromatic heterocycles. The van der Waals surface area contributed by atoms with E-state index in [1.807, 2.05) is 29.2 Å². The number of alkyl halides is 3. The van der Waals surface area contributed by atoms with Gasteiger partial charge in [0, 0.05) is 48.8 Å². The summed E-state index contributed by atoms with van der Waals surface area (Å²) in [5, 5.41) is 12.3. The molecule has 2 aromatic rings. The number of nitrogens with zero attached hydrogens (tertiary/aromatic N) is 3. The van der Waals surface area contributed by atoms with Crippen molar-refractivity contribution in [3.8, 4) is 6.07 Å². The zero-order valence-corrected chi connectivity index (χ0v) is 16.5. The van der Waals surface area contributed by atoms with Gasteiger partial charge in [0.15, 0.2) is 0 Å². The van der Waals surface area contributed by atoms with E-state index < -0.39 is 17.6 Å². The fourth-order valence-electron chi connectivity index (χ4n) is 3.07. The summed E-state index contributed by atoms with van der Waals surface area (Å²) in [6, 6.07) is 13.6. The molecule has 1 amide bonds. The first kappa shape index (κ1) is 21.5. The quantitative estimate of drug-likeness (QED) is 0.567. The maximum Gasteiger partial charge on any atom is 0.416 e. The number of hydrogen-bond donors (Lipinski definition) is 1. The number of carbonyl (C=O) groups is 1. The van der Waals surface area contributed by atoms with E-state index in [9.17, 15) is 23.2 Å². The average Bonchev–Trinajstić information content (AvgIpc) is 2.72. The SMILES string of the molecule is N#C/C(=C/N1CCN(c2cccc(Cl)c2)CC1)C(=O)Nc1cccc(C(F)(F)F)c1. The smallest absolute Gasteiger partial charge is 0.373 e. The molecule has 1 fully saturated rings. The van der Waals surface area contributed by atoms with Crippen molar-refractivity contribution in [2.75, 3.05) is 36.4 Å². The number of amides is 1. The fraction of sp³-hybridized carbons (Fsp3) is 0.238. The van der Waals surface area contributed by atoms with Gasteiger partial charge in [-0.1, -0.05) is 23.7 Å². The highest BCUT2D eigenvalue weighted by Crippen LogP contribution is 2.30. The first-order valence-electron chi connectivity index (χ1n) is 9.11. The van der Waals surface area contributed by atoms with Crippen LogP contribution >= 0.6 is 11.6 Å². The summed E-state index contributed by atoms with van der Waals surface area (Å²) < 4.78 is 38.5. The second-order valence-corrected chi connectivity index (χ2v) is 7.13. The van der Waals surface area contributed by atoms with E-state index in [1.54, 1.807) is 6.07 Å². The van der Waals surface area contributed by atoms with Gasteiger partial charge in [0.1, 0.15) is 11.6 Å².